The van der Waals surface area contributed by atoms with Crippen LogP contribution in [0.5, 0.6) is 0 Å². The van der Waals surface area contributed by atoms with Crippen molar-refractivity contribution in [3.63, 3.8) is 0 Å². The molecule has 0 spiro atoms. The van der Waals surface area contributed by atoms with E-state index in [1.165, 1.54) is 0 Å². The molecular weight excluding hydrogens is 266 g/mol. The number of nitrogens with two attached hydrogens (primary N) is 1. The predicted octanol–water partition coefficient (Wildman–Crippen LogP) is 0.576. The average molecular weight is 287 g/mol. The van der Waals surface area contributed by atoms with E-state index in [1.807, 2.05) is 6.92 Å². The molecule has 7 heteroatoms. The van der Waals surface area contributed by atoms with Crippen LogP contribution in [0.4, 0.5) is 5.82 Å². The van der Waals surface area contributed by atoms with E-state index in [1.54, 1.807) is 11.8 Å². The highest BCUT2D eigenvalue weighted by Gasteiger charge is 2.31. The van der Waals surface area contributed by atoms with Gasteiger partial charge in [0.2, 0.25) is 0 Å². The monoisotopic (exact) mass is 287 g/mol. The van der Waals surface area contributed by atoms with Crippen LogP contribution in [0.15, 0.2) is 0 Å². The van der Waals surface area contributed by atoms with E-state index in [9.17, 15) is 8.42 Å². The first-order chi connectivity index (χ1) is 8.98. The number of aromatic nitrogens is 2. The Morgan fingerprint density at radius 3 is 2.79 bits per heavy atom. The van der Waals surface area contributed by atoms with E-state index in [2.05, 4.69) is 5.10 Å². The van der Waals surface area contributed by atoms with Crippen molar-refractivity contribution in [1.82, 2.24) is 9.78 Å². The van der Waals surface area contributed by atoms with Gasteiger partial charge < -0.3 is 10.5 Å². The minimum atomic E-state index is -2.93. The Balaban J connectivity index is 2.29. The molecule has 1 aromatic heterocycles. The van der Waals surface area contributed by atoms with Gasteiger partial charge in [-0.3, -0.25) is 0 Å². The maximum Gasteiger partial charge on any atom is 0.152 e. The van der Waals surface area contributed by atoms with Crippen LogP contribution in [-0.2, 0) is 27.4 Å². The van der Waals surface area contributed by atoms with Gasteiger partial charge in [0.1, 0.15) is 5.82 Å². The second-order valence-electron chi connectivity index (χ2n) is 4.91. The summed E-state index contributed by atoms with van der Waals surface area (Å²) in [6.07, 6.45) is 2.10. The minimum Gasteiger partial charge on any atom is -0.384 e. The molecule has 1 aliphatic heterocycles. The first-order valence-corrected chi connectivity index (χ1v) is 8.35. The van der Waals surface area contributed by atoms with Gasteiger partial charge in [-0.15, -0.1) is 0 Å². The van der Waals surface area contributed by atoms with Gasteiger partial charge >= 0.3 is 0 Å². The highest BCUT2D eigenvalue weighted by atomic mass is 32.2. The Hall–Kier alpha value is -1.08. The van der Waals surface area contributed by atoms with Crippen LogP contribution < -0.4 is 5.73 Å². The van der Waals surface area contributed by atoms with Gasteiger partial charge in [0.15, 0.2) is 9.84 Å². The fourth-order valence-electron chi connectivity index (χ4n) is 2.56. The summed E-state index contributed by atoms with van der Waals surface area (Å²) in [5.74, 6) is 0.980. The standard InChI is InChI=1S/C12H21N3O3S/c1-3-10-11(4-6-18-2)14-15(12(10)13)9-5-7-19(16,17)8-9/h9H,3-8,13H2,1-2H3. The first-order valence-electron chi connectivity index (χ1n) is 6.53. The molecule has 108 valence electrons. The fourth-order valence-corrected chi connectivity index (χ4v) is 4.25. The number of anilines is 1. The molecule has 2 rings (SSSR count). The molecule has 1 atom stereocenters. The smallest absolute Gasteiger partial charge is 0.152 e. The van der Waals surface area contributed by atoms with Crippen LogP contribution in [-0.4, -0.2) is 43.4 Å². The largest absolute Gasteiger partial charge is 0.384 e. The Labute approximate surface area is 113 Å². The topological polar surface area (TPSA) is 87.2 Å². The molecule has 1 saturated heterocycles. The zero-order valence-corrected chi connectivity index (χ0v) is 12.2. The van der Waals surface area contributed by atoms with Crippen molar-refractivity contribution in [3.8, 4) is 0 Å². The molecule has 1 aromatic rings. The lowest BCUT2D eigenvalue weighted by atomic mass is 10.1. The highest BCUT2D eigenvalue weighted by molar-refractivity contribution is 7.91. The molecule has 1 fully saturated rings. The normalized spacial score (nSPS) is 21.9. The van der Waals surface area contributed by atoms with Gasteiger partial charge in [-0.25, -0.2) is 13.1 Å². The van der Waals surface area contributed by atoms with Gasteiger partial charge in [-0.2, -0.15) is 5.10 Å². The number of nitrogens with zero attached hydrogens (tertiary/aromatic N) is 2. The summed E-state index contributed by atoms with van der Waals surface area (Å²) in [4.78, 5) is 0. The third-order valence-corrected chi connectivity index (χ3v) is 5.33. The molecule has 0 bridgehead atoms. The third-order valence-electron chi connectivity index (χ3n) is 3.58. The van der Waals surface area contributed by atoms with E-state index in [0.717, 1.165) is 17.7 Å². The molecule has 1 aliphatic rings. The number of ether oxygens (including phenoxy) is 1. The molecule has 0 saturated carbocycles. The summed E-state index contributed by atoms with van der Waals surface area (Å²) in [6, 6.07) is -0.119. The van der Waals surface area contributed by atoms with Crippen molar-refractivity contribution in [3.05, 3.63) is 11.3 Å². The molecule has 0 aromatic carbocycles. The van der Waals surface area contributed by atoms with E-state index >= 15 is 0 Å². The van der Waals surface area contributed by atoms with Gasteiger partial charge in [0.25, 0.3) is 0 Å². The quantitative estimate of drug-likeness (QED) is 0.855. The van der Waals surface area contributed by atoms with Crippen molar-refractivity contribution >= 4 is 15.7 Å². The third kappa shape index (κ3) is 2.92. The second kappa shape index (κ2) is 5.50. The zero-order valence-electron chi connectivity index (χ0n) is 11.4. The number of hydrogen-bond donors (Lipinski definition) is 1. The summed E-state index contributed by atoms with van der Waals surface area (Å²) in [5, 5.41) is 4.51. The Morgan fingerprint density at radius 2 is 2.26 bits per heavy atom. The van der Waals surface area contributed by atoms with E-state index < -0.39 is 9.84 Å². The van der Waals surface area contributed by atoms with Crippen LogP contribution in [0.2, 0.25) is 0 Å². The second-order valence-corrected chi connectivity index (χ2v) is 7.14. The molecule has 1 unspecified atom stereocenters. The number of sulfone groups is 1. The lowest BCUT2D eigenvalue weighted by Crippen LogP contribution is -2.15. The zero-order chi connectivity index (χ0) is 14.0. The molecular formula is C12H21N3O3S. The van der Waals surface area contributed by atoms with Crippen molar-refractivity contribution < 1.29 is 13.2 Å². The maximum atomic E-state index is 11.6. The van der Waals surface area contributed by atoms with E-state index in [-0.39, 0.29) is 17.5 Å². The van der Waals surface area contributed by atoms with Crippen molar-refractivity contribution in [2.75, 3.05) is 31.0 Å². The summed E-state index contributed by atoms with van der Waals surface area (Å²) in [5.41, 5.74) is 8.06. The number of hydrogen-bond acceptors (Lipinski definition) is 5. The van der Waals surface area contributed by atoms with Gasteiger partial charge in [-0.1, -0.05) is 6.92 Å². The number of nitrogen functional groups attached to an aromatic ring is 1. The van der Waals surface area contributed by atoms with Crippen LogP contribution in [0, 0.1) is 0 Å². The summed E-state index contributed by atoms with van der Waals surface area (Å²) in [6.45, 7) is 2.62. The molecule has 6 nitrogen and oxygen atoms in total. The number of methoxy groups -OCH3 is 1. The Morgan fingerprint density at radius 1 is 1.53 bits per heavy atom. The minimum absolute atomic E-state index is 0.119. The molecule has 19 heavy (non-hydrogen) atoms. The Kier molecular flexibility index (Phi) is 4.15. The van der Waals surface area contributed by atoms with E-state index in [4.69, 9.17) is 10.5 Å². The van der Waals surface area contributed by atoms with Crippen LogP contribution in [0.25, 0.3) is 0 Å². The van der Waals surface area contributed by atoms with Crippen LogP contribution >= 0.6 is 0 Å². The summed E-state index contributed by atoms with van der Waals surface area (Å²) >= 11 is 0. The van der Waals surface area contributed by atoms with Gasteiger partial charge in [0, 0.05) is 19.1 Å². The molecule has 0 amide bonds. The lowest BCUT2D eigenvalue weighted by Gasteiger charge is -2.10. The predicted molar refractivity (Wildman–Crippen MR) is 73.9 cm³/mol. The van der Waals surface area contributed by atoms with Crippen molar-refractivity contribution in [1.29, 1.82) is 0 Å². The van der Waals surface area contributed by atoms with Crippen LogP contribution in [0.1, 0.15) is 30.6 Å². The first kappa shape index (κ1) is 14.3. The molecule has 2 N–H and O–H groups in total. The average Bonchev–Trinajstić information content (AvgIpc) is 2.86. The molecule has 0 aliphatic carbocycles. The summed E-state index contributed by atoms with van der Waals surface area (Å²) < 4.78 is 29.9. The van der Waals surface area contributed by atoms with Crippen LogP contribution in [0.3, 0.4) is 0 Å². The summed E-state index contributed by atoms with van der Waals surface area (Å²) in [7, 11) is -1.28. The highest BCUT2D eigenvalue weighted by Crippen LogP contribution is 2.29. The maximum absolute atomic E-state index is 11.6. The van der Waals surface area contributed by atoms with Gasteiger partial charge in [0.05, 0.1) is 29.8 Å². The molecule has 2 heterocycles. The van der Waals surface area contributed by atoms with Gasteiger partial charge in [-0.05, 0) is 12.8 Å². The Bertz CT molecular complexity index is 551. The SMILES string of the molecule is CCc1c(CCOC)nn(C2CCS(=O)(=O)C2)c1N. The molecule has 0 radical (unpaired) electrons. The van der Waals surface area contributed by atoms with Crippen molar-refractivity contribution in [2.24, 2.45) is 0 Å². The number of rotatable bonds is 5. The van der Waals surface area contributed by atoms with Crippen molar-refractivity contribution in [2.45, 2.75) is 32.2 Å². The lowest BCUT2D eigenvalue weighted by molar-refractivity contribution is 0.201. The van der Waals surface area contributed by atoms with E-state index in [0.29, 0.717) is 25.3 Å². The fraction of sp³-hybridized carbons (Fsp3) is 0.750.